The lowest BCUT2D eigenvalue weighted by Gasteiger charge is -2.12. The molecule has 6 nitrogen and oxygen atoms in total. The molecule has 0 saturated carbocycles. The van der Waals surface area contributed by atoms with Crippen molar-refractivity contribution in [2.24, 2.45) is 0 Å². The molecule has 0 aliphatic rings. The molecular weight excluding hydrogens is 699 g/mol. The third kappa shape index (κ3) is 4.81. The quantitative estimate of drug-likeness (QED) is 0.177. The summed E-state index contributed by atoms with van der Waals surface area (Å²) in [6.45, 7) is 0. The van der Waals surface area contributed by atoms with E-state index in [1.807, 2.05) is 66.7 Å². The van der Waals surface area contributed by atoms with Gasteiger partial charge in [0.05, 0.1) is 22.1 Å². The van der Waals surface area contributed by atoms with Gasteiger partial charge in [-0.15, -0.1) is 0 Å². The van der Waals surface area contributed by atoms with Crippen molar-refractivity contribution in [2.45, 2.75) is 0 Å². The fraction of sp³-hybridized carbons (Fsp3) is 0. The predicted molar refractivity (Wildman–Crippen MR) is 232 cm³/mol. The van der Waals surface area contributed by atoms with Crippen molar-refractivity contribution in [3.8, 4) is 45.5 Å². The van der Waals surface area contributed by atoms with E-state index in [0.717, 1.165) is 82.8 Å². The Labute approximate surface area is 326 Å². The Bertz CT molecular complexity index is 3430. The van der Waals surface area contributed by atoms with Crippen molar-refractivity contribution >= 4 is 65.6 Å². The highest BCUT2D eigenvalue weighted by molar-refractivity contribution is 6.29. The molecule has 266 valence electrons. The van der Waals surface area contributed by atoms with Crippen LogP contribution in [0.5, 0.6) is 0 Å². The minimum Gasteiger partial charge on any atom is -0.454 e. The maximum absolute atomic E-state index is 6.78. The number of rotatable bonds is 5. The van der Waals surface area contributed by atoms with Crippen LogP contribution in [0.2, 0.25) is 0 Å². The Balaban J connectivity index is 1.15. The summed E-state index contributed by atoms with van der Waals surface area (Å²) in [5.74, 6) is 1.88. The maximum atomic E-state index is 6.78. The number of fused-ring (bicyclic) bond motifs is 11. The first-order valence-electron chi connectivity index (χ1n) is 19.1. The molecule has 0 N–H and O–H groups in total. The van der Waals surface area contributed by atoms with Crippen molar-refractivity contribution < 1.29 is 4.42 Å². The van der Waals surface area contributed by atoms with E-state index < -0.39 is 0 Å². The lowest BCUT2D eigenvalue weighted by atomic mass is 10.1. The Hall–Kier alpha value is -7.83. The van der Waals surface area contributed by atoms with Crippen molar-refractivity contribution in [1.82, 2.24) is 24.1 Å². The minimum absolute atomic E-state index is 0.615. The van der Waals surface area contributed by atoms with Gasteiger partial charge in [0, 0.05) is 60.4 Å². The van der Waals surface area contributed by atoms with E-state index in [0.29, 0.717) is 17.5 Å². The zero-order valence-electron chi connectivity index (χ0n) is 30.5. The average molecular weight is 730 g/mol. The Morgan fingerprint density at radius 1 is 0.333 bits per heavy atom. The van der Waals surface area contributed by atoms with Gasteiger partial charge in [-0.3, -0.25) is 0 Å². The van der Waals surface area contributed by atoms with E-state index in [9.17, 15) is 0 Å². The second kappa shape index (κ2) is 12.3. The summed E-state index contributed by atoms with van der Waals surface area (Å²) < 4.78 is 11.6. The molecule has 0 radical (unpaired) electrons. The summed E-state index contributed by atoms with van der Waals surface area (Å²) in [5.41, 5.74) is 11.1. The fourth-order valence-electron chi connectivity index (χ4n) is 8.63. The molecule has 0 bridgehead atoms. The lowest BCUT2D eigenvalue weighted by molar-refractivity contribution is 0.671. The molecule has 12 rings (SSSR count). The topological polar surface area (TPSA) is 61.7 Å². The molecule has 4 heterocycles. The number of para-hydroxylation sites is 3. The normalized spacial score (nSPS) is 11.9. The van der Waals surface area contributed by atoms with Gasteiger partial charge in [-0.05, 0) is 60.7 Å². The molecule has 0 aliphatic carbocycles. The minimum atomic E-state index is 0.615. The summed E-state index contributed by atoms with van der Waals surface area (Å²) in [5, 5.41) is 6.87. The number of nitrogens with zero attached hydrogens (tertiary/aromatic N) is 5. The summed E-state index contributed by atoms with van der Waals surface area (Å²) in [6, 6.07) is 65.5. The summed E-state index contributed by atoms with van der Waals surface area (Å²) in [6.07, 6.45) is 0. The van der Waals surface area contributed by atoms with Crippen LogP contribution in [0.4, 0.5) is 0 Å². The number of hydrogen-bond acceptors (Lipinski definition) is 4. The van der Waals surface area contributed by atoms with Crippen LogP contribution in [0.1, 0.15) is 0 Å². The lowest BCUT2D eigenvalue weighted by Crippen LogP contribution is -2.00. The molecule has 0 saturated heterocycles. The molecule has 4 aromatic heterocycles. The van der Waals surface area contributed by atoms with Crippen molar-refractivity contribution in [3.63, 3.8) is 0 Å². The molecule has 0 spiro atoms. The molecule has 0 unspecified atom stereocenters. The van der Waals surface area contributed by atoms with Crippen molar-refractivity contribution in [2.75, 3.05) is 0 Å². The van der Waals surface area contributed by atoms with Crippen LogP contribution in [0.25, 0.3) is 111 Å². The summed E-state index contributed by atoms with van der Waals surface area (Å²) in [7, 11) is 0. The van der Waals surface area contributed by atoms with Gasteiger partial charge in [-0.1, -0.05) is 127 Å². The van der Waals surface area contributed by atoms with E-state index in [-0.39, 0.29) is 0 Å². The third-order valence-corrected chi connectivity index (χ3v) is 11.2. The first-order chi connectivity index (χ1) is 28.3. The van der Waals surface area contributed by atoms with Crippen LogP contribution in [0.3, 0.4) is 0 Å². The Morgan fingerprint density at radius 2 is 0.842 bits per heavy atom. The molecule has 0 amide bonds. The SMILES string of the molecule is c1ccc(-c2nc(-c3ccccc3)nc(-c3ccc(-n4c5c(ccc6c7ccccc7oc65)c5ccc6c(c7ccccc7n6-c6ccccc6)c54)cc3)n2)cc1. The van der Waals surface area contributed by atoms with E-state index in [1.165, 1.54) is 10.8 Å². The largest absolute Gasteiger partial charge is 0.454 e. The zero-order valence-corrected chi connectivity index (χ0v) is 30.5. The highest BCUT2D eigenvalue weighted by atomic mass is 16.3. The predicted octanol–water partition coefficient (Wildman–Crippen LogP) is 13.0. The second-order valence-electron chi connectivity index (χ2n) is 14.4. The number of hydrogen-bond donors (Lipinski definition) is 0. The number of furan rings is 1. The van der Waals surface area contributed by atoms with Crippen LogP contribution in [0, 0.1) is 0 Å². The van der Waals surface area contributed by atoms with Crippen LogP contribution in [-0.4, -0.2) is 24.1 Å². The summed E-state index contributed by atoms with van der Waals surface area (Å²) in [4.78, 5) is 14.9. The van der Waals surface area contributed by atoms with Gasteiger partial charge < -0.3 is 13.6 Å². The highest BCUT2D eigenvalue weighted by Crippen LogP contribution is 2.45. The molecular formula is C51H31N5O. The van der Waals surface area contributed by atoms with Gasteiger partial charge in [0.15, 0.2) is 23.1 Å². The monoisotopic (exact) mass is 729 g/mol. The van der Waals surface area contributed by atoms with Crippen LogP contribution in [-0.2, 0) is 0 Å². The van der Waals surface area contributed by atoms with Gasteiger partial charge in [-0.2, -0.15) is 0 Å². The van der Waals surface area contributed by atoms with E-state index >= 15 is 0 Å². The van der Waals surface area contributed by atoms with Crippen LogP contribution in [0.15, 0.2) is 192 Å². The van der Waals surface area contributed by atoms with Crippen LogP contribution < -0.4 is 0 Å². The number of aromatic nitrogens is 5. The molecule has 8 aromatic carbocycles. The Morgan fingerprint density at radius 3 is 1.53 bits per heavy atom. The van der Waals surface area contributed by atoms with Crippen molar-refractivity contribution in [3.05, 3.63) is 188 Å². The van der Waals surface area contributed by atoms with Gasteiger partial charge in [0.25, 0.3) is 0 Å². The van der Waals surface area contributed by atoms with Gasteiger partial charge in [0.1, 0.15) is 5.58 Å². The van der Waals surface area contributed by atoms with E-state index in [2.05, 4.69) is 130 Å². The molecule has 0 fully saturated rings. The standard InChI is InChI=1S/C51H31N5O/c1-4-14-32(15-5-1)49-52-50(33-16-6-2-7-17-33)54-51(53-49)34-24-26-36(27-25-34)56-46-38(39-28-29-40-37-20-11-13-23-44(37)57-48(40)47(39)56)30-31-43-45(46)41-21-10-12-22-42(41)55(43)35-18-8-3-9-19-35/h1-31H. The first kappa shape index (κ1) is 31.5. The summed E-state index contributed by atoms with van der Waals surface area (Å²) >= 11 is 0. The van der Waals surface area contributed by atoms with Gasteiger partial charge >= 0.3 is 0 Å². The molecule has 0 atom stereocenters. The smallest absolute Gasteiger partial charge is 0.164 e. The highest BCUT2D eigenvalue weighted by Gasteiger charge is 2.24. The van der Waals surface area contributed by atoms with Crippen LogP contribution >= 0.6 is 0 Å². The number of benzene rings is 8. The molecule has 6 heteroatoms. The molecule has 0 aliphatic heterocycles. The van der Waals surface area contributed by atoms with Gasteiger partial charge in [0.2, 0.25) is 0 Å². The van der Waals surface area contributed by atoms with Gasteiger partial charge in [-0.25, -0.2) is 15.0 Å². The average Bonchev–Trinajstić information content (AvgIpc) is 3.95. The Kier molecular flexibility index (Phi) is 6.83. The molecule has 57 heavy (non-hydrogen) atoms. The first-order valence-corrected chi connectivity index (χ1v) is 19.1. The van der Waals surface area contributed by atoms with E-state index in [4.69, 9.17) is 19.4 Å². The third-order valence-electron chi connectivity index (χ3n) is 11.2. The second-order valence-corrected chi connectivity index (χ2v) is 14.4. The maximum Gasteiger partial charge on any atom is 0.164 e. The fourth-order valence-corrected chi connectivity index (χ4v) is 8.63. The molecule has 12 aromatic rings. The van der Waals surface area contributed by atoms with E-state index in [1.54, 1.807) is 0 Å². The van der Waals surface area contributed by atoms with Crippen molar-refractivity contribution in [1.29, 1.82) is 0 Å². The zero-order chi connectivity index (χ0) is 37.5.